The molecule has 3 N–H and O–H groups in total. The van der Waals surface area contributed by atoms with E-state index < -0.39 is 23.7 Å². The van der Waals surface area contributed by atoms with Crippen LogP contribution in [0.4, 0.5) is 10.1 Å². The van der Waals surface area contributed by atoms with Gasteiger partial charge in [-0.15, -0.1) is 0 Å². The predicted molar refractivity (Wildman–Crippen MR) is 64.3 cm³/mol. The Bertz CT molecular complexity index is 435. The topological polar surface area (TPSA) is 78.4 Å². The normalized spacial score (nSPS) is 11.7. The molecule has 0 bridgehead atoms. The first-order chi connectivity index (χ1) is 8.49. The number of carbonyl (C=O) groups excluding carboxylic acids is 2. The van der Waals surface area contributed by atoms with Crippen molar-refractivity contribution in [2.24, 2.45) is 0 Å². The lowest BCUT2D eigenvalue weighted by atomic mass is 10.3. The van der Waals surface area contributed by atoms with Gasteiger partial charge in [0.05, 0.1) is 6.10 Å². The van der Waals surface area contributed by atoms with Crippen LogP contribution in [-0.4, -0.2) is 29.6 Å². The molecule has 0 fully saturated rings. The lowest BCUT2D eigenvalue weighted by Gasteiger charge is -2.07. The predicted octanol–water partition coefficient (Wildman–Crippen LogP) is 0.651. The Morgan fingerprint density at radius 2 is 2.11 bits per heavy atom. The Hall–Kier alpha value is -1.95. The van der Waals surface area contributed by atoms with Crippen molar-refractivity contribution in [3.05, 3.63) is 30.1 Å². The third-order valence-corrected chi connectivity index (χ3v) is 2.14. The first-order valence-corrected chi connectivity index (χ1v) is 5.52. The lowest BCUT2D eigenvalue weighted by Crippen LogP contribution is -2.36. The highest BCUT2D eigenvalue weighted by molar-refractivity contribution is 6.39. The fraction of sp³-hybridized carbons (Fsp3) is 0.333. The summed E-state index contributed by atoms with van der Waals surface area (Å²) >= 11 is 0. The molecule has 0 aliphatic carbocycles. The minimum absolute atomic E-state index is 0.201. The van der Waals surface area contributed by atoms with Crippen LogP contribution in [0.5, 0.6) is 0 Å². The molecule has 18 heavy (non-hydrogen) atoms. The zero-order chi connectivity index (χ0) is 13.5. The summed E-state index contributed by atoms with van der Waals surface area (Å²) in [6, 6.07) is 5.25. The molecule has 1 atom stereocenters. The molecule has 6 heteroatoms. The Morgan fingerprint density at radius 3 is 2.72 bits per heavy atom. The van der Waals surface area contributed by atoms with Crippen LogP contribution in [0.3, 0.4) is 0 Å². The van der Waals surface area contributed by atoms with E-state index in [-0.39, 0.29) is 12.2 Å². The highest BCUT2D eigenvalue weighted by Crippen LogP contribution is 2.08. The van der Waals surface area contributed by atoms with Gasteiger partial charge in [-0.2, -0.15) is 0 Å². The van der Waals surface area contributed by atoms with Crippen LogP contribution in [0.15, 0.2) is 24.3 Å². The molecule has 0 radical (unpaired) electrons. The van der Waals surface area contributed by atoms with E-state index in [1.54, 1.807) is 6.92 Å². The number of anilines is 1. The maximum Gasteiger partial charge on any atom is 0.313 e. The average molecular weight is 254 g/mol. The van der Waals surface area contributed by atoms with E-state index >= 15 is 0 Å². The highest BCUT2D eigenvalue weighted by atomic mass is 19.1. The number of amides is 2. The van der Waals surface area contributed by atoms with Crippen molar-refractivity contribution >= 4 is 17.5 Å². The van der Waals surface area contributed by atoms with Gasteiger partial charge in [-0.05, 0) is 31.5 Å². The quantitative estimate of drug-likeness (QED) is 0.690. The summed E-state index contributed by atoms with van der Waals surface area (Å²) in [5.41, 5.74) is 0.214. The van der Waals surface area contributed by atoms with Gasteiger partial charge in [0.1, 0.15) is 5.82 Å². The zero-order valence-electron chi connectivity index (χ0n) is 9.94. The van der Waals surface area contributed by atoms with Gasteiger partial charge in [-0.1, -0.05) is 6.07 Å². The third-order valence-electron chi connectivity index (χ3n) is 2.14. The summed E-state index contributed by atoms with van der Waals surface area (Å²) in [4.78, 5) is 22.7. The molecule has 5 nitrogen and oxygen atoms in total. The van der Waals surface area contributed by atoms with E-state index in [9.17, 15) is 14.0 Å². The fourth-order valence-electron chi connectivity index (χ4n) is 1.23. The molecule has 0 saturated heterocycles. The maximum absolute atomic E-state index is 12.8. The van der Waals surface area contributed by atoms with E-state index in [2.05, 4.69) is 10.6 Å². The summed E-state index contributed by atoms with van der Waals surface area (Å²) in [6.07, 6.45) is -0.185. The summed E-state index contributed by atoms with van der Waals surface area (Å²) in [5.74, 6) is -2.19. The van der Waals surface area contributed by atoms with Crippen LogP contribution in [0.2, 0.25) is 0 Å². The summed E-state index contributed by atoms with van der Waals surface area (Å²) in [6.45, 7) is 1.78. The minimum Gasteiger partial charge on any atom is -0.393 e. The van der Waals surface area contributed by atoms with E-state index in [1.807, 2.05) is 0 Å². The van der Waals surface area contributed by atoms with Gasteiger partial charge in [0.2, 0.25) is 0 Å². The van der Waals surface area contributed by atoms with Crippen LogP contribution in [-0.2, 0) is 9.59 Å². The SMILES string of the molecule is CC(O)CCNC(=O)C(=O)Nc1cccc(F)c1. The monoisotopic (exact) mass is 254 g/mol. The summed E-state index contributed by atoms with van der Waals surface area (Å²) in [5, 5.41) is 13.6. The number of halogens is 1. The molecule has 2 amide bonds. The maximum atomic E-state index is 12.8. The van der Waals surface area contributed by atoms with Crippen molar-refractivity contribution in [3.63, 3.8) is 0 Å². The van der Waals surface area contributed by atoms with Gasteiger partial charge in [-0.25, -0.2) is 4.39 Å². The molecule has 1 unspecified atom stereocenters. The van der Waals surface area contributed by atoms with Gasteiger partial charge in [-0.3, -0.25) is 9.59 Å². The van der Waals surface area contributed by atoms with Gasteiger partial charge in [0.15, 0.2) is 0 Å². The number of aliphatic hydroxyl groups excluding tert-OH is 1. The second kappa shape index (κ2) is 6.70. The Balaban J connectivity index is 2.43. The number of hydrogen-bond acceptors (Lipinski definition) is 3. The molecule has 0 heterocycles. The number of aliphatic hydroxyl groups is 1. The first-order valence-electron chi connectivity index (χ1n) is 5.52. The second-order valence-electron chi connectivity index (χ2n) is 3.86. The molecule has 0 aliphatic rings. The molecule has 0 aliphatic heterocycles. The van der Waals surface area contributed by atoms with Gasteiger partial charge in [0.25, 0.3) is 0 Å². The summed E-state index contributed by atoms with van der Waals surface area (Å²) < 4.78 is 12.8. The number of rotatable bonds is 4. The van der Waals surface area contributed by atoms with Crippen LogP contribution in [0.1, 0.15) is 13.3 Å². The first kappa shape index (κ1) is 14.1. The highest BCUT2D eigenvalue weighted by Gasteiger charge is 2.13. The number of carbonyl (C=O) groups is 2. The largest absolute Gasteiger partial charge is 0.393 e. The van der Waals surface area contributed by atoms with Gasteiger partial charge < -0.3 is 15.7 Å². The van der Waals surface area contributed by atoms with Crippen molar-refractivity contribution in [2.45, 2.75) is 19.4 Å². The molecule has 0 aromatic heterocycles. The van der Waals surface area contributed by atoms with E-state index in [0.717, 1.165) is 6.07 Å². The zero-order valence-corrected chi connectivity index (χ0v) is 9.94. The van der Waals surface area contributed by atoms with Crippen LogP contribution in [0.25, 0.3) is 0 Å². The molecule has 1 rings (SSSR count). The second-order valence-corrected chi connectivity index (χ2v) is 3.86. The Labute approximate surface area is 104 Å². The van der Waals surface area contributed by atoms with Crippen LogP contribution in [0, 0.1) is 5.82 Å². The Kier molecular flexibility index (Phi) is 5.26. The third kappa shape index (κ3) is 4.92. The fourth-order valence-corrected chi connectivity index (χ4v) is 1.23. The van der Waals surface area contributed by atoms with Crippen LogP contribution >= 0.6 is 0 Å². The molecule has 98 valence electrons. The number of nitrogens with one attached hydrogen (secondary N) is 2. The van der Waals surface area contributed by atoms with Crippen LogP contribution < -0.4 is 10.6 Å². The molecule has 0 saturated carbocycles. The standard InChI is InChI=1S/C12H15FN2O3/c1-8(16)5-6-14-11(17)12(18)15-10-4-2-3-9(13)7-10/h2-4,7-8,16H,5-6H2,1H3,(H,14,17)(H,15,18). The van der Waals surface area contributed by atoms with Gasteiger partial charge in [0, 0.05) is 12.2 Å². The number of hydrogen-bond donors (Lipinski definition) is 3. The molecule has 1 aromatic rings. The molecular weight excluding hydrogens is 239 g/mol. The molecular formula is C12H15FN2O3. The number of benzene rings is 1. The van der Waals surface area contributed by atoms with Crippen molar-refractivity contribution in [1.82, 2.24) is 5.32 Å². The van der Waals surface area contributed by atoms with E-state index in [1.165, 1.54) is 18.2 Å². The van der Waals surface area contributed by atoms with Crippen molar-refractivity contribution in [2.75, 3.05) is 11.9 Å². The summed E-state index contributed by atoms with van der Waals surface area (Å²) in [7, 11) is 0. The smallest absolute Gasteiger partial charge is 0.313 e. The van der Waals surface area contributed by atoms with E-state index in [0.29, 0.717) is 6.42 Å². The lowest BCUT2D eigenvalue weighted by molar-refractivity contribution is -0.136. The van der Waals surface area contributed by atoms with E-state index in [4.69, 9.17) is 5.11 Å². The van der Waals surface area contributed by atoms with Gasteiger partial charge >= 0.3 is 11.8 Å². The average Bonchev–Trinajstić information content (AvgIpc) is 2.28. The Morgan fingerprint density at radius 1 is 1.39 bits per heavy atom. The van der Waals surface area contributed by atoms with Crippen molar-refractivity contribution in [3.8, 4) is 0 Å². The minimum atomic E-state index is -0.869. The van der Waals surface area contributed by atoms with Crippen molar-refractivity contribution in [1.29, 1.82) is 0 Å². The molecule has 0 spiro atoms. The van der Waals surface area contributed by atoms with Crippen molar-refractivity contribution < 1.29 is 19.1 Å². The molecule has 1 aromatic carbocycles.